The maximum Gasteiger partial charge on any atom is 0.173 e. The SMILES string of the molecule is CCc1cn2cc(-c3ncc4cc(N5CCNC(C)C5)ccc4n3)cc(F)c2n1. The molecular formula is C22H23FN6. The third-order valence-electron chi connectivity index (χ3n) is 5.47. The van der Waals surface area contributed by atoms with E-state index in [1.807, 2.05) is 31.6 Å². The Morgan fingerprint density at radius 1 is 1.21 bits per heavy atom. The summed E-state index contributed by atoms with van der Waals surface area (Å²) in [7, 11) is 0. The van der Waals surface area contributed by atoms with Gasteiger partial charge in [-0.1, -0.05) is 6.92 Å². The largest absolute Gasteiger partial charge is 0.369 e. The highest BCUT2D eigenvalue weighted by Gasteiger charge is 2.17. The Morgan fingerprint density at radius 2 is 2.10 bits per heavy atom. The molecular weight excluding hydrogens is 367 g/mol. The van der Waals surface area contributed by atoms with Gasteiger partial charge in [-0.3, -0.25) is 0 Å². The second kappa shape index (κ2) is 7.08. The van der Waals surface area contributed by atoms with Crippen molar-refractivity contribution in [2.24, 2.45) is 0 Å². The molecule has 0 bridgehead atoms. The van der Waals surface area contributed by atoms with Crippen LogP contribution >= 0.6 is 0 Å². The fourth-order valence-corrected chi connectivity index (χ4v) is 3.92. The molecule has 148 valence electrons. The van der Waals surface area contributed by atoms with E-state index in [2.05, 4.69) is 44.2 Å². The molecule has 1 fully saturated rings. The second-order valence-electron chi connectivity index (χ2n) is 7.63. The van der Waals surface area contributed by atoms with E-state index in [1.165, 1.54) is 11.8 Å². The minimum absolute atomic E-state index is 0.335. The summed E-state index contributed by atoms with van der Waals surface area (Å²) < 4.78 is 16.3. The van der Waals surface area contributed by atoms with Gasteiger partial charge in [-0.15, -0.1) is 0 Å². The zero-order valence-corrected chi connectivity index (χ0v) is 16.6. The molecule has 0 saturated carbocycles. The highest BCUT2D eigenvalue weighted by atomic mass is 19.1. The van der Waals surface area contributed by atoms with Gasteiger partial charge in [0.2, 0.25) is 0 Å². The molecule has 1 saturated heterocycles. The second-order valence-corrected chi connectivity index (χ2v) is 7.63. The normalized spacial score (nSPS) is 17.3. The molecule has 1 unspecified atom stereocenters. The standard InChI is InChI=1S/C22H23FN6/c1-3-17-13-29-12-16(9-19(23)22(29)26-17)21-25-10-15-8-18(4-5-20(15)27-21)28-7-6-24-14(2)11-28/h4-5,8-10,12-14,24H,3,6-7,11H2,1-2H3. The first-order valence-electron chi connectivity index (χ1n) is 10.0. The van der Waals surface area contributed by atoms with Crippen molar-refractivity contribution in [3.8, 4) is 11.4 Å². The zero-order chi connectivity index (χ0) is 20.0. The first-order chi connectivity index (χ1) is 14.1. The Balaban J connectivity index is 1.51. The van der Waals surface area contributed by atoms with Crippen molar-refractivity contribution in [2.75, 3.05) is 24.5 Å². The molecule has 5 rings (SSSR count). The summed E-state index contributed by atoms with van der Waals surface area (Å²) in [4.78, 5) is 15.9. The zero-order valence-electron chi connectivity index (χ0n) is 16.6. The monoisotopic (exact) mass is 390 g/mol. The molecule has 1 aliphatic rings. The summed E-state index contributed by atoms with van der Waals surface area (Å²) >= 11 is 0. The molecule has 0 spiro atoms. The van der Waals surface area contributed by atoms with Gasteiger partial charge in [0.05, 0.1) is 11.2 Å². The Labute approximate surface area is 168 Å². The summed E-state index contributed by atoms with van der Waals surface area (Å²) in [6.45, 7) is 7.15. The number of anilines is 1. The third kappa shape index (κ3) is 3.31. The van der Waals surface area contributed by atoms with Crippen molar-refractivity contribution in [2.45, 2.75) is 26.3 Å². The first kappa shape index (κ1) is 18.0. The summed E-state index contributed by atoms with van der Waals surface area (Å²) in [5.41, 5.74) is 3.86. The Hall–Kier alpha value is -3.06. The maximum absolute atomic E-state index is 14.5. The topological polar surface area (TPSA) is 58.4 Å². The van der Waals surface area contributed by atoms with Crippen molar-refractivity contribution in [3.05, 3.63) is 54.4 Å². The van der Waals surface area contributed by atoms with Crippen LogP contribution in [0.4, 0.5) is 10.1 Å². The third-order valence-corrected chi connectivity index (χ3v) is 5.47. The van der Waals surface area contributed by atoms with Gasteiger partial charge in [0, 0.05) is 60.9 Å². The summed E-state index contributed by atoms with van der Waals surface area (Å²) in [5.74, 6) is 0.141. The van der Waals surface area contributed by atoms with Gasteiger partial charge in [0.1, 0.15) is 0 Å². The number of pyridine rings is 1. The number of aryl methyl sites for hydroxylation is 1. The lowest BCUT2D eigenvalue weighted by Gasteiger charge is -2.33. The van der Waals surface area contributed by atoms with Crippen molar-refractivity contribution in [1.82, 2.24) is 24.7 Å². The number of nitrogens with zero attached hydrogens (tertiary/aromatic N) is 5. The number of imidazole rings is 1. The van der Waals surface area contributed by atoms with Gasteiger partial charge < -0.3 is 14.6 Å². The molecule has 7 heteroatoms. The summed E-state index contributed by atoms with van der Waals surface area (Å²) in [6.07, 6.45) is 6.27. The molecule has 1 aromatic carbocycles. The van der Waals surface area contributed by atoms with Crippen LogP contribution in [0.3, 0.4) is 0 Å². The predicted octanol–water partition coefficient (Wildman–Crippen LogP) is 3.44. The van der Waals surface area contributed by atoms with Crippen LogP contribution in [-0.2, 0) is 6.42 Å². The van der Waals surface area contributed by atoms with Crippen LogP contribution in [0, 0.1) is 5.82 Å². The first-order valence-corrected chi connectivity index (χ1v) is 10.0. The number of halogens is 1. The quantitative estimate of drug-likeness (QED) is 0.581. The highest BCUT2D eigenvalue weighted by Crippen LogP contribution is 2.25. The molecule has 0 aliphatic carbocycles. The lowest BCUT2D eigenvalue weighted by Crippen LogP contribution is -2.49. The number of hydrogen-bond donors (Lipinski definition) is 1. The number of rotatable bonds is 3. The lowest BCUT2D eigenvalue weighted by atomic mass is 10.1. The average molecular weight is 390 g/mol. The number of hydrogen-bond acceptors (Lipinski definition) is 5. The van der Waals surface area contributed by atoms with Crippen LogP contribution in [0.5, 0.6) is 0 Å². The minimum atomic E-state index is -0.367. The highest BCUT2D eigenvalue weighted by molar-refractivity contribution is 5.83. The maximum atomic E-state index is 14.5. The Morgan fingerprint density at radius 3 is 2.93 bits per heavy atom. The molecule has 4 aromatic rings. The van der Waals surface area contributed by atoms with Crippen LogP contribution in [0.25, 0.3) is 27.9 Å². The molecule has 29 heavy (non-hydrogen) atoms. The smallest absolute Gasteiger partial charge is 0.173 e. The van der Waals surface area contributed by atoms with Crippen molar-refractivity contribution < 1.29 is 4.39 Å². The number of piperazine rings is 1. The summed E-state index contributed by atoms with van der Waals surface area (Å²) in [5, 5.41) is 4.44. The van der Waals surface area contributed by atoms with Gasteiger partial charge in [0.25, 0.3) is 0 Å². The number of benzene rings is 1. The van der Waals surface area contributed by atoms with E-state index in [-0.39, 0.29) is 5.82 Å². The fourth-order valence-electron chi connectivity index (χ4n) is 3.92. The van der Waals surface area contributed by atoms with Gasteiger partial charge in [-0.25, -0.2) is 19.3 Å². The summed E-state index contributed by atoms with van der Waals surface area (Å²) in [6, 6.07) is 8.18. The molecule has 3 aromatic heterocycles. The predicted molar refractivity (Wildman–Crippen MR) is 113 cm³/mol. The van der Waals surface area contributed by atoms with Crippen molar-refractivity contribution >= 4 is 22.2 Å². The fraction of sp³-hybridized carbons (Fsp3) is 0.318. The molecule has 0 radical (unpaired) electrons. The van der Waals surface area contributed by atoms with Gasteiger partial charge in [0.15, 0.2) is 17.3 Å². The Kier molecular flexibility index (Phi) is 4.39. The average Bonchev–Trinajstić information content (AvgIpc) is 3.17. The number of aromatic nitrogens is 4. The van der Waals surface area contributed by atoms with E-state index in [9.17, 15) is 4.39 Å². The van der Waals surface area contributed by atoms with Crippen LogP contribution in [0.15, 0.2) is 42.9 Å². The number of fused-ring (bicyclic) bond motifs is 2. The van der Waals surface area contributed by atoms with E-state index in [1.54, 1.807) is 4.40 Å². The molecule has 1 aliphatic heterocycles. The van der Waals surface area contributed by atoms with Crippen molar-refractivity contribution in [1.29, 1.82) is 0 Å². The van der Waals surface area contributed by atoms with E-state index in [4.69, 9.17) is 0 Å². The van der Waals surface area contributed by atoms with Gasteiger partial charge in [-0.2, -0.15) is 0 Å². The van der Waals surface area contributed by atoms with E-state index in [0.29, 0.717) is 23.1 Å². The van der Waals surface area contributed by atoms with Crippen LogP contribution in [0.2, 0.25) is 0 Å². The number of nitrogens with one attached hydrogen (secondary N) is 1. The van der Waals surface area contributed by atoms with Crippen LogP contribution in [0.1, 0.15) is 19.5 Å². The Bertz CT molecular complexity index is 1200. The van der Waals surface area contributed by atoms with Gasteiger partial charge >= 0.3 is 0 Å². The molecule has 6 nitrogen and oxygen atoms in total. The molecule has 4 heterocycles. The van der Waals surface area contributed by atoms with E-state index in [0.717, 1.165) is 42.7 Å². The minimum Gasteiger partial charge on any atom is -0.369 e. The van der Waals surface area contributed by atoms with E-state index < -0.39 is 0 Å². The van der Waals surface area contributed by atoms with Crippen LogP contribution < -0.4 is 10.2 Å². The van der Waals surface area contributed by atoms with Gasteiger partial charge in [-0.05, 0) is 37.6 Å². The van der Waals surface area contributed by atoms with Crippen molar-refractivity contribution in [3.63, 3.8) is 0 Å². The van der Waals surface area contributed by atoms with E-state index >= 15 is 0 Å². The van der Waals surface area contributed by atoms with Crippen LogP contribution in [-0.4, -0.2) is 45.0 Å². The lowest BCUT2D eigenvalue weighted by molar-refractivity contribution is 0.485. The molecule has 0 amide bonds. The molecule has 1 N–H and O–H groups in total. The molecule has 1 atom stereocenters.